The monoisotopic (exact) mass is 189 g/mol. The maximum Gasteiger partial charge on any atom is 0.122 e. The average Bonchev–Trinajstić information content (AvgIpc) is 2.17. The van der Waals surface area contributed by atoms with Gasteiger partial charge in [0.05, 0.1) is 0 Å². The van der Waals surface area contributed by atoms with Crippen LogP contribution in [0.3, 0.4) is 0 Å². The number of hydrogen-bond acceptors (Lipinski definition) is 2. The first kappa shape index (κ1) is 10.7. The second-order valence-electron chi connectivity index (χ2n) is 3.57. The zero-order valence-electron chi connectivity index (χ0n) is 8.83. The Morgan fingerprint density at radius 2 is 2.21 bits per heavy atom. The van der Waals surface area contributed by atoms with E-state index in [-0.39, 0.29) is 0 Å². The summed E-state index contributed by atoms with van der Waals surface area (Å²) in [5.74, 6) is 5.71. The number of rotatable bonds is 1. The molecule has 0 aliphatic rings. The van der Waals surface area contributed by atoms with Gasteiger partial charge < -0.3 is 5.11 Å². The Morgan fingerprint density at radius 3 is 2.71 bits per heavy atom. The van der Waals surface area contributed by atoms with E-state index in [0.29, 0.717) is 6.42 Å². The molecule has 1 N–H and O–H groups in total. The molecule has 74 valence electrons. The van der Waals surface area contributed by atoms with Gasteiger partial charge in [-0.3, -0.25) is 4.98 Å². The fourth-order valence-corrected chi connectivity index (χ4v) is 0.837. The lowest BCUT2D eigenvalue weighted by molar-refractivity contribution is 0.118. The van der Waals surface area contributed by atoms with Crippen LogP contribution in [0, 0.1) is 18.8 Å². The molecule has 2 nitrogen and oxygen atoms in total. The van der Waals surface area contributed by atoms with Crippen LogP contribution in [0.1, 0.15) is 31.5 Å². The lowest BCUT2D eigenvalue weighted by Crippen LogP contribution is -2.19. The van der Waals surface area contributed by atoms with Crippen molar-refractivity contribution in [3.05, 3.63) is 29.6 Å². The SMILES string of the molecule is CC[C@](C)(O)C#Cc1ccc(C)nc1. The third kappa shape index (κ3) is 3.20. The molecule has 1 atom stereocenters. The van der Waals surface area contributed by atoms with Gasteiger partial charge in [-0.05, 0) is 32.4 Å². The van der Waals surface area contributed by atoms with Crippen LogP contribution in [0.25, 0.3) is 0 Å². The fourth-order valence-electron chi connectivity index (χ4n) is 0.837. The molecule has 0 aliphatic heterocycles. The summed E-state index contributed by atoms with van der Waals surface area (Å²) in [5, 5.41) is 9.65. The van der Waals surface area contributed by atoms with Crippen LogP contribution in [-0.4, -0.2) is 15.7 Å². The van der Waals surface area contributed by atoms with E-state index >= 15 is 0 Å². The standard InChI is InChI=1S/C12H15NO/c1-4-12(3,14)8-7-11-6-5-10(2)13-9-11/h5-6,9,14H,4H2,1-3H3/t12-/m0/s1. The van der Waals surface area contributed by atoms with Gasteiger partial charge in [-0.2, -0.15) is 0 Å². The van der Waals surface area contributed by atoms with Gasteiger partial charge in [0.25, 0.3) is 0 Å². The summed E-state index contributed by atoms with van der Waals surface area (Å²) in [6.45, 7) is 5.54. The summed E-state index contributed by atoms with van der Waals surface area (Å²) >= 11 is 0. The van der Waals surface area contributed by atoms with Gasteiger partial charge in [-0.1, -0.05) is 18.8 Å². The van der Waals surface area contributed by atoms with Crippen LogP contribution in [0.4, 0.5) is 0 Å². The maximum absolute atomic E-state index is 9.65. The van der Waals surface area contributed by atoms with E-state index in [9.17, 15) is 5.11 Å². The van der Waals surface area contributed by atoms with Gasteiger partial charge in [-0.25, -0.2) is 0 Å². The zero-order chi connectivity index (χ0) is 10.6. The minimum absolute atomic E-state index is 0.624. The van der Waals surface area contributed by atoms with Gasteiger partial charge in [0.2, 0.25) is 0 Å². The van der Waals surface area contributed by atoms with Gasteiger partial charge >= 0.3 is 0 Å². The van der Waals surface area contributed by atoms with Gasteiger partial charge in [0, 0.05) is 17.5 Å². The second kappa shape index (κ2) is 4.26. The molecule has 0 saturated carbocycles. The van der Waals surface area contributed by atoms with E-state index < -0.39 is 5.60 Å². The highest BCUT2D eigenvalue weighted by atomic mass is 16.3. The summed E-state index contributed by atoms with van der Waals surface area (Å²) in [6.07, 6.45) is 2.34. The maximum atomic E-state index is 9.65. The second-order valence-corrected chi connectivity index (χ2v) is 3.57. The Kier molecular flexibility index (Phi) is 3.27. The number of nitrogens with zero attached hydrogens (tertiary/aromatic N) is 1. The van der Waals surface area contributed by atoms with E-state index in [2.05, 4.69) is 16.8 Å². The molecule has 0 fully saturated rings. The predicted octanol–water partition coefficient (Wildman–Crippen LogP) is 1.90. The summed E-state index contributed by atoms with van der Waals surface area (Å²) in [5.41, 5.74) is 0.910. The first-order chi connectivity index (χ1) is 6.53. The Balaban J connectivity index is 2.83. The molecular formula is C12H15NO. The largest absolute Gasteiger partial charge is 0.378 e. The lowest BCUT2D eigenvalue weighted by atomic mass is 10.0. The molecule has 14 heavy (non-hydrogen) atoms. The van der Waals surface area contributed by atoms with Crippen molar-refractivity contribution in [1.29, 1.82) is 0 Å². The lowest BCUT2D eigenvalue weighted by Gasteiger charge is -2.11. The van der Waals surface area contributed by atoms with E-state index in [0.717, 1.165) is 11.3 Å². The highest BCUT2D eigenvalue weighted by Crippen LogP contribution is 2.06. The van der Waals surface area contributed by atoms with Gasteiger partial charge in [-0.15, -0.1) is 0 Å². The summed E-state index contributed by atoms with van der Waals surface area (Å²) in [6, 6.07) is 3.81. The van der Waals surface area contributed by atoms with Crippen molar-refractivity contribution in [2.24, 2.45) is 0 Å². The van der Waals surface area contributed by atoms with Crippen molar-refractivity contribution in [3.8, 4) is 11.8 Å². The molecule has 2 heteroatoms. The highest BCUT2D eigenvalue weighted by molar-refractivity contribution is 5.34. The zero-order valence-corrected chi connectivity index (χ0v) is 8.83. The van der Waals surface area contributed by atoms with Crippen molar-refractivity contribution in [1.82, 2.24) is 4.98 Å². The number of pyridine rings is 1. The number of aliphatic hydroxyl groups is 1. The Labute approximate surface area is 85.0 Å². The van der Waals surface area contributed by atoms with Crippen LogP contribution in [0.5, 0.6) is 0 Å². The third-order valence-corrected chi connectivity index (χ3v) is 2.08. The molecule has 0 saturated heterocycles. The molecule has 0 unspecified atom stereocenters. The molecule has 0 aliphatic carbocycles. The summed E-state index contributed by atoms with van der Waals surface area (Å²) in [4.78, 5) is 4.12. The molecule has 0 spiro atoms. The van der Waals surface area contributed by atoms with Gasteiger partial charge in [0.1, 0.15) is 5.60 Å². The van der Waals surface area contributed by atoms with Crippen molar-refractivity contribution < 1.29 is 5.11 Å². The minimum Gasteiger partial charge on any atom is -0.378 e. The molecule has 1 heterocycles. The molecule has 0 amide bonds. The number of aryl methyl sites for hydroxylation is 1. The first-order valence-corrected chi connectivity index (χ1v) is 4.72. The van der Waals surface area contributed by atoms with Crippen molar-refractivity contribution in [2.75, 3.05) is 0 Å². The van der Waals surface area contributed by atoms with Crippen LogP contribution >= 0.6 is 0 Å². The molecular weight excluding hydrogens is 174 g/mol. The fraction of sp³-hybridized carbons (Fsp3) is 0.417. The number of hydrogen-bond donors (Lipinski definition) is 1. The van der Waals surface area contributed by atoms with Crippen molar-refractivity contribution in [2.45, 2.75) is 32.8 Å². The molecule has 0 radical (unpaired) electrons. The smallest absolute Gasteiger partial charge is 0.122 e. The summed E-state index contributed by atoms with van der Waals surface area (Å²) < 4.78 is 0. The van der Waals surface area contributed by atoms with E-state index in [1.54, 1.807) is 13.1 Å². The molecule has 0 bridgehead atoms. The van der Waals surface area contributed by atoms with Crippen molar-refractivity contribution in [3.63, 3.8) is 0 Å². The van der Waals surface area contributed by atoms with Crippen LogP contribution < -0.4 is 0 Å². The highest BCUT2D eigenvalue weighted by Gasteiger charge is 2.11. The molecule has 1 rings (SSSR count). The Morgan fingerprint density at radius 1 is 1.50 bits per heavy atom. The van der Waals surface area contributed by atoms with Crippen LogP contribution in [0.2, 0.25) is 0 Å². The third-order valence-electron chi connectivity index (χ3n) is 2.08. The van der Waals surface area contributed by atoms with E-state index in [1.807, 2.05) is 26.0 Å². The molecule has 1 aromatic rings. The quantitative estimate of drug-likeness (QED) is 0.684. The normalized spacial score (nSPS) is 14.0. The molecule has 1 aromatic heterocycles. The van der Waals surface area contributed by atoms with E-state index in [1.165, 1.54) is 0 Å². The first-order valence-electron chi connectivity index (χ1n) is 4.72. The van der Waals surface area contributed by atoms with Gasteiger partial charge in [0.15, 0.2) is 0 Å². The van der Waals surface area contributed by atoms with E-state index in [4.69, 9.17) is 0 Å². The average molecular weight is 189 g/mol. The topological polar surface area (TPSA) is 33.1 Å². The van der Waals surface area contributed by atoms with Crippen molar-refractivity contribution >= 4 is 0 Å². The van der Waals surface area contributed by atoms with Crippen LogP contribution in [-0.2, 0) is 0 Å². The minimum atomic E-state index is -0.898. The molecule has 0 aromatic carbocycles. The Bertz CT molecular complexity index is 354. The predicted molar refractivity (Wildman–Crippen MR) is 56.8 cm³/mol. The Hall–Kier alpha value is -1.33. The summed E-state index contributed by atoms with van der Waals surface area (Å²) in [7, 11) is 0. The number of aromatic nitrogens is 1. The van der Waals surface area contributed by atoms with Crippen LogP contribution in [0.15, 0.2) is 18.3 Å².